The van der Waals surface area contributed by atoms with Crippen molar-refractivity contribution in [3.8, 4) is 0 Å². The largest absolute Gasteiger partial charge is 0.550 e. The first-order valence-corrected chi connectivity index (χ1v) is 10.6. The number of hydrogen-bond acceptors (Lipinski definition) is 6. The predicted octanol–water partition coefficient (Wildman–Crippen LogP) is 2.15. The number of aliphatic carboxylic acids is 1. The number of anilines is 1. The molecule has 146 valence electrons. The molecule has 2 fully saturated rings. The van der Waals surface area contributed by atoms with Gasteiger partial charge in [0.25, 0.3) is 0 Å². The highest BCUT2D eigenvalue weighted by atomic mass is 32.1. The lowest BCUT2D eigenvalue weighted by Crippen LogP contribution is -2.44. The molecule has 27 heavy (non-hydrogen) atoms. The molecule has 0 aromatic carbocycles. The van der Waals surface area contributed by atoms with Gasteiger partial charge in [-0.15, -0.1) is 11.3 Å². The van der Waals surface area contributed by atoms with Gasteiger partial charge in [-0.25, -0.2) is 4.79 Å². The van der Waals surface area contributed by atoms with Crippen LogP contribution in [0.3, 0.4) is 0 Å². The van der Waals surface area contributed by atoms with Crippen molar-refractivity contribution in [1.82, 2.24) is 0 Å². The molecular weight excluding hydrogens is 366 g/mol. The zero-order chi connectivity index (χ0) is 19.1. The van der Waals surface area contributed by atoms with Gasteiger partial charge in [0.1, 0.15) is 5.00 Å². The van der Waals surface area contributed by atoms with Crippen LogP contribution in [0, 0.1) is 23.7 Å². The fourth-order valence-corrected chi connectivity index (χ4v) is 6.63. The van der Waals surface area contributed by atoms with E-state index in [2.05, 4.69) is 5.32 Å². The average molecular weight is 390 g/mol. The Hall–Kier alpha value is -1.89. The molecule has 1 aromatic rings. The zero-order valence-corrected chi connectivity index (χ0v) is 16.2. The number of amides is 1. The van der Waals surface area contributed by atoms with E-state index in [0.717, 1.165) is 61.8 Å². The van der Waals surface area contributed by atoms with Crippen molar-refractivity contribution in [2.75, 3.05) is 12.4 Å². The maximum Gasteiger partial charge on any atom is 0.341 e. The Bertz CT molecular complexity index is 786. The number of fused-ring (bicyclic) bond motifs is 3. The van der Waals surface area contributed by atoms with Crippen molar-refractivity contribution in [3.05, 3.63) is 16.0 Å². The van der Waals surface area contributed by atoms with Crippen molar-refractivity contribution >= 4 is 34.2 Å². The summed E-state index contributed by atoms with van der Waals surface area (Å²) in [5.74, 6) is -3.01. The second kappa shape index (κ2) is 7.26. The van der Waals surface area contributed by atoms with Crippen LogP contribution in [0.4, 0.5) is 5.00 Å². The van der Waals surface area contributed by atoms with Crippen LogP contribution < -0.4 is 10.4 Å². The summed E-state index contributed by atoms with van der Waals surface area (Å²) in [4.78, 5) is 38.2. The Kier molecular flexibility index (Phi) is 4.97. The molecule has 1 aromatic heterocycles. The van der Waals surface area contributed by atoms with E-state index in [0.29, 0.717) is 10.6 Å². The summed E-state index contributed by atoms with van der Waals surface area (Å²) in [6.07, 6.45) is 7.44. The number of esters is 1. The van der Waals surface area contributed by atoms with Gasteiger partial charge in [0.15, 0.2) is 0 Å². The Balaban J connectivity index is 1.63. The second-order valence-electron chi connectivity index (χ2n) is 7.95. The molecule has 1 N–H and O–H groups in total. The number of thiophene rings is 1. The van der Waals surface area contributed by atoms with Crippen molar-refractivity contribution in [1.29, 1.82) is 0 Å². The molecule has 2 saturated carbocycles. The highest BCUT2D eigenvalue weighted by Crippen LogP contribution is 2.52. The van der Waals surface area contributed by atoms with Crippen LogP contribution in [-0.2, 0) is 27.2 Å². The average Bonchev–Trinajstić information content (AvgIpc) is 3.30. The Morgan fingerprint density at radius 1 is 1.07 bits per heavy atom. The summed E-state index contributed by atoms with van der Waals surface area (Å²) in [6.45, 7) is 0. The minimum absolute atomic E-state index is 0.0379. The van der Waals surface area contributed by atoms with Crippen LogP contribution in [0.15, 0.2) is 0 Å². The first-order valence-electron chi connectivity index (χ1n) is 9.75. The van der Waals surface area contributed by atoms with Crippen LogP contribution >= 0.6 is 11.3 Å². The molecule has 4 atom stereocenters. The normalized spacial score (nSPS) is 29.1. The number of rotatable bonds is 4. The van der Waals surface area contributed by atoms with Gasteiger partial charge < -0.3 is 20.0 Å². The van der Waals surface area contributed by atoms with Gasteiger partial charge in [-0.05, 0) is 62.3 Å². The van der Waals surface area contributed by atoms with E-state index in [1.165, 1.54) is 18.4 Å². The molecule has 0 saturated heterocycles. The molecule has 0 spiro atoms. The van der Waals surface area contributed by atoms with Gasteiger partial charge in [-0.3, -0.25) is 4.79 Å². The molecule has 6 nitrogen and oxygen atoms in total. The van der Waals surface area contributed by atoms with E-state index in [1.54, 1.807) is 0 Å². The van der Waals surface area contributed by atoms with E-state index in [-0.39, 0.29) is 17.7 Å². The van der Waals surface area contributed by atoms with Gasteiger partial charge in [0, 0.05) is 22.7 Å². The van der Waals surface area contributed by atoms with Crippen LogP contribution in [0.5, 0.6) is 0 Å². The summed E-state index contributed by atoms with van der Waals surface area (Å²) >= 11 is 1.44. The molecule has 3 aliphatic rings. The Morgan fingerprint density at radius 3 is 2.48 bits per heavy atom. The van der Waals surface area contributed by atoms with Crippen molar-refractivity contribution in [2.24, 2.45) is 23.7 Å². The molecule has 4 rings (SSSR count). The third-order valence-electron chi connectivity index (χ3n) is 6.54. The standard InChI is InChI=1S/C20H25NO5S/c1-26-20(25)16-12-5-3-2-4-6-13(12)27-18(16)21-17(22)14-10-7-8-11(9-10)15(14)19(23)24/h10-11,14-15H,2-9H2,1H3,(H,21,22)(H,23,24)/p-1/t10-,11-,14-,15-/m0/s1. The number of aryl methyl sites for hydroxylation is 1. The summed E-state index contributed by atoms with van der Waals surface area (Å²) in [6, 6.07) is 0. The maximum absolute atomic E-state index is 13.0. The number of hydrogen-bond donors (Lipinski definition) is 1. The minimum atomic E-state index is -1.13. The molecule has 1 heterocycles. The molecule has 1 amide bonds. The summed E-state index contributed by atoms with van der Waals surface area (Å²) in [5.41, 5.74) is 1.45. The topological polar surface area (TPSA) is 95.5 Å². The van der Waals surface area contributed by atoms with E-state index in [1.807, 2.05) is 0 Å². The van der Waals surface area contributed by atoms with Crippen LogP contribution in [0.25, 0.3) is 0 Å². The fraction of sp³-hybridized carbons (Fsp3) is 0.650. The molecular formula is C20H24NO5S-. The minimum Gasteiger partial charge on any atom is -0.550 e. The Labute approximate surface area is 162 Å². The third kappa shape index (κ3) is 3.16. The van der Waals surface area contributed by atoms with Gasteiger partial charge in [0.2, 0.25) is 5.91 Å². The molecule has 7 heteroatoms. The van der Waals surface area contributed by atoms with Gasteiger partial charge in [-0.2, -0.15) is 0 Å². The zero-order valence-electron chi connectivity index (χ0n) is 15.4. The van der Waals surface area contributed by atoms with Gasteiger partial charge in [-0.1, -0.05) is 6.42 Å². The highest BCUT2D eigenvalue weighted by molar-refractivity contribution is 7.17. The molecule has 3 aliphatic carbocycles. The van der Waals surface area contributed by atoms with Crippen molar-refractivity contribution in [2.45, 2.75) is 51.4 Å². The highest BCUT2D eigenvalue weighted by Gasteiger charge is 2.51. The summed E-state index contributed by atoms with van der Waals surface area (Å²) < 4.78 is 4.97. The molecule has 0 unspecified atom stereocenters. The van der Waals surface area contributed by atoms with E-state index < -0.39 is 23.8 Å². The number of carbonyl (C=O) groups is 3. The smallest absolute Gasteiger partial charge is 0.341 e. The lowest BCUT2D eigenvalue weighted by molar-refractivity contribution is -0.314. The third-order valence-corrected chi connectivity index (χ3v) is 7.75. The summed E-state index contributed by atoms with van der Waals surface area (Å²) in [5, 5.41) is 15.0. The molecule has 0 radical (unpaired) electrons. The second-order valence-corrected chi connectivity index (χ2v) is 9.06. The monoisotopic (exact) mass is 390 g/mol. The lowest BCUT2D eigenvalue weighted by Gasteiger charge is -2.30. The number of carboxylic acid groups (broad SMARTS) is 1. The number of carboxylic acids is 1. The van der Waals surface area contributed by atoms with E-state index >= 15 is 0 Å². The van der Waals surface area contributed by atoms with Gasteiger partial charge >= 0.3 is 5.97 Å². The van der Waals surface area contributed by atoms with Crippen LogP contribution in [0.2, 0.25) is 0 Å². The first-order chi connectivity index (χ1) is 13.0. The first kappa shape index (κ1) is 18.5. The quantitative estimate of drug-likeness (QED) is 0.628. The maximum atomic E-state index is 13.0. The van der Waals surface area contributed by atoms with Gasteiger partial charge in [0.05, 0.1) is 12.7 Å². The van der Waals surface area contributed by atoms with Crippen molar-refractivity contribution in [3.63, 3.8) is 0 Å². The SMILES string of the molecule is COC(=O)c1c(NC(=O)[C@H]2[C@H]3CC[C@@H](C3)[C@@H]2C(=O)[O-])sc2c1CCCCC2. The molecule has 0 aliphatic heterocycles. The lowest BCUT2D eigenvalue weighted by atomic mass is 9.79. The fourth-order valence-electron chi connectivity index (χ4n) is 5.35. The number of carbonyl (C=O) groups excluding carboxylic acids is 3. The van der Waals surface area contributed by atoms with Crippen LogP contribution in [0.1, 0.15) is 59.3 Å². The Morgan fingerprint density at radius 2 is 1.78 bits per heavy atom. The number of nitrogens with one attached hydrogen (secondary N) is 1. The number of methoxy groups -OCH3 is 1. The van der Waals surface area contributed by atoms with Crippen LogP contribution in [-0.4, -0.2) is 25.0 Å². The predicted molar refractivity (Wildman–Crippen MR) is 98.4 cm³/mol. The van der Waals surface area contributed by atoms with E-state index in [9.17, 15) is 19.5 Å². The molecule has 2 bridgehead atoms. The summed E-state index contributed by atoms with van der Waals surface area (Å²) in [7, 11) is 1.34. The number of ether oxygens (including phenoxy) is 1. The van der Waals surface area contributed by atoms with E-state index in [4.69, 9.17) is 4.74 Å². The van der Waals surface area contributed by atoms with Crippen molar-refractivity contribution < 1.29 is 24.2 Å².